The van der Waals surface area contributed by atoms with E-state index in [0.717, 1.165) is 5.56 Å². The first kappa shape index (κ1) is 15.5. The van der Waals surface area contributed by atoms with Gasteiger partial charge in [0.2, 0.25) is 0 Å². The number of amides is 1. The molecule has 0 aliphatic rings. The minimum absolute atomic E-state index is 0.0617. The van der Waals surface area contributed by atoms with E-state index in [2.05, 4.69) is 5.32 Å². The minimum Gasteiger partial charge on any atom is -0.345 e. The molecule has 1 atom stereocenters. The van der Waals surface area contributed by atoms with E-state index in [9.17, 15) is 9.18 Å². The molecule has 0 aliphatic carbocycles. The molecule has 0 saturated heterocycles. The first-order valence-corrected chi connectivity index (χ1v) is 6.83. The summed E-state index contributed by atoms with van der Waals surface area (Å²) >= 11 is 0. The number of halogens is 1. The number of benzene rings is 2. The van der Waals surface area contributed by atoms with Crippen LogP contribution in [-0.4, -0.2) is 5.91 Å². The molecule has 2 rings (SSSR count). The molecule has 0 bridgehead atoms. The van der Waals surface area contributed by atoms with Crippen molar-refractivity contribution in [3.05, 3.63) is 77.1 Å². The summed E-state index contributed by atoms with van der Waals surface area (Å²) in [6, 6.07) is 16.8. The van der Waals surface area contributed by atoms with Crippen LogP contribution < -0.4 is 5.32 Å². The van der Waals surface area contributed by atoms with Gasteiger partial charge in [-0.1, -0.05) is 42.5 Å². The molecule has 0 aliphatic heterocycles. The van der Waals surface area contributed by atoms with Gasteiger partial charge in [0.25, 0.3) is 5.91 Å². The fourth-order valence-corrected chi connectivity index (χ4v) is 2.01. The molecule has 110 valence electrons. The van der Waals surface area contributed by atoms with E-state index in [1.54, 1.807) is 6.07 Å². The van der Waals surface area contributed by atoms with Crippen LogP contribution in [0, 0.1) is 17.1 Å². The zero-order chi connectivity index (χ0) is 15.9. The Balaban J connectivity index is 2.14. The van der Waals surface area contributed by atoms with Crippen molar-refractivity contribution in [3.8, 4) is 6.07 Å². The Kier molecular flexibility index (Phi) is 5.05. The first-order valence-electron chi connectivity index (χ1n) is 6.83. The molecular formula is C18H15FN2O. The van der Waals surface area contributed by atoms with Gasteiger partial charge in [-0.25, -0.2) is 4.39 Å². The molecule has 22 heavy (non-hydrogen) atoms. The Morgan fingerprint density at radius 1 is 1.23 bits per heavy atom. The van der Waals surface area contributed by atoms with Crippen LogP contribution in [-0.2, 0) is 4.79 Å². The van der Waals surface area contributed by atoms with Gasteiger partial charge < -0.3 is 5.32 Å². The Morgan fingerprint density at radius 3 is 2.59 bits per heavy atom. The Hall–Kier alpha value is -2.93. The van der Waals surface area contributed by atoms with E-state index in [4.69, 9.17) is 5.26 Å². The predicted octanol–water partition coefficient (Wildman–Crippen LogP) is 3.61. The average Bonchev–Trinajstić information content (AvgIpc) is 2.53. The number of carbonyl (C=O) groups excluding carboxylic acids is 1. The highest BCUT2D eigenvalue weighted by atomic mass is 19.1. The molecule has 3 nitrogen and oxygen atoms in total. The SMILES string of the molecule is CC(NC(=O)C(C#N)=Cc1cccc(F)c1)c1ccccc1. The largest absolute Gasteiger partial charge is 0.345 e. The lowest BCUT2D eigenvalue weighted by Gasteiger charge is -2.13. The quantitative estimate of drug-likeness (QED) is 0.692. The average molecular weight is 294 g/mol. The number of nitriles is 1. The second-order valence-corrected chi connectivity index (χ2v) is 4.83. The summed E-state index contributed by atoms with van der Waals surface area (Å²) in [5.74, 6) is -0.896. The topological polar surface area (TPSA) is 52.9 Å². The fraction of sp³-hybridized carbons (Fsp3) is 0.111. The van der Waals surface area contributed by atoms with Crippen LogP contribution in [0.4, 0.5) is 4.39 Å². The molecule has 1 N–H and O–H groups in total. The molecule has 1 unspecified atom stereocenters. The first-order chi connectivity index (χ1) is 10.6. The Bertz CT molecular complexity index is 732. The standard InChI is InChI=1S/C18H15FN2O/c1-13(15-7-3-2-4-8-15)21-18(22)16(12-20)10-14-6-5-9-17(19)11-14/h2-11,13H,1H3,(H,21,22). The van der Waals surface area contributed by atoms with E-state index in [0.29, 0.717) is 5.56 Å². The maximum atomic E-state index is 13.1. The third-order valence-corrected chi connectivity index (χ3v) is 3.17. The van der Waals surface area contributed by atoms with Gasteiger partial charge in [-0.3, -0.25) is 4.79 Å². The maximum Gasteiger partial charge on any atom is 0.262 e. The summed E-state index contributed by atoms with van der Waals surface area (Å²) < 4.78 is 13.1. The van der Waals surface area contributed by atoms with Crippen LogP contribution in [0.5, 0.6) is 0 Å². The predicted molar refractivity (Wildman–Crippen MR) is 83.0 cm³/mol. The molecule has 0 spiro atoms. The Labute approximate surface area is 128 Å². The van der Waals surface area contributed by atoms with Gasteiger partial charge in [-0.15, -0.1) is 0 Å². The lowest BCUT2D eigenvalue weighted by Crippen LogP contribution is -2.27. The van der Waals surface area contributed by atoms with Crippen molar-refractivity contribution in [2.75, 3.05) is 0 Å². The monoisotopic (exact) mass is 294 g/mol. The van der Waals surface area contributed by atoms with Gasteiger partial charge in [0.1, 0.15) is 17.5 Å². The third-order valence-electron chi connectivity index (χ3n) is 3.17. The number of nitrogens with zero attached hydrogens (tertiary/aromatic N) is 1. The van der Waals surface area contributed by atoms with Crippen molar-refractivity contribution in [1.29, 1.82) is 5.26 Å². The van der Waals surface area contributed by atoms with Crippen molar-refractivity contribution < 1.29 is 9.18 Å². The summed E-state index contributed by atoms with van der Waals surface area (Å²) in [5, 5.41) is 11.9. The number of hydrogen-bond donors (Lipinski definition) is 1. The molecule has 0 radical (unpaired) electrons. The molecule has 0 heterocycles. The zero-order valence-electron chi connectivity index (χ0n) is 12.1. The van der Waals surface area contributed by atoms with Gasteiger partial charge in [-0.2, -0.15) is 5.26 Å². The van der Waals surface area contributed by atoms with Crippen LogP contribution in [0.3, 0.4) is 0 Å². The number of rotatable bonds is 4. The summed E-state index contributed by atoms with van der Waals surface area (Å²) in [7, 11) is 0. The van der Waals surface area contributed by atoms with E-state index < -0.39 is 11.7 Å². The van der Waals surface area contributed by atoms with Gasteiger partial charge >= 0.3 is 0 Å². The van der Waals surface area contributed by atoms with Gasteiger partial charge in [0.15, 0.2) is 0 Å². The second kappa shape index (κ2) is 7.19. The summed E-state index contributed by atoms with van der Waals surface area (Å²) in [5.41, 5.74) is 1.35. The highest BCUT2D eigenvalue weighted by Crippen LogP contribution is 2.13. The zero-order valence-corrected chi connectivity index (χ0v) is 12.1. The highest BCUT2D eigenvalue weighted by Gasteiger charge is 2.13. The minimum atomic E-state index is -0.483. The molecular weight excluding hydrogens is 279 g/mol. The summed E-state index contributed by atoms with van der Waals surface area (Å²) in [6.45, 7) is 1.84. The number of nitrogens with one attached hydrogen (secondary N) is 1. The maximum absolute atomic E-state index is 13.1. The highest BCUT2D eigenvalue weighted by molar-refractivity contribution is 6.01. The van der Waals surface area contributed by atoms with Crippen LogP contribution >= 0.6 is 0 Å². The van der Waals surface area contributed by atoms with Gasteiger partial charge in [0.05, 0.1) is 6.04 Å². The molecule has 0 aromatic heterocycles. The van der Waals surface area contributed by atoms with Crippen LogP contribution in [0.25, 0.3) is 6.08 Å². The van der Waals surface area contributed by atoms with E-state index in [1.165, 1.54) is 24.3 Å². The molecule has 2 aromatic carbocycles. The normalized spacial score (nSPS) is 12.3. The molecule has 4 heteroatoms. The van der Waals surface area contributed by atoms with Crippen LogP contribution in [0.1, 0.15) is 24.1 Å². The smallest absolute Gasteiger partial charge is 0.262 e. The van der Waals surface area contributed by atoms with Crippen molar-refractivity contribution in [1.82, 2.24) is 5.32 Å². The molecule has 2 aromatic rings. The lowest BCUT2D eigenvalue weighted by atomic mass is 10.1. The fourth-order valence-electron chi connectivity index (χ4n) is 2.01. The summed E-state index contributed by atoms with van der Waals surface area (Å²) in [4.78, 5) is 12.2. The van der Waals surface area contributed by atoms with E-state index in [-0.39, 0.29) is 11.6 Å². The number of carbonyl (C=O) groups is 1. The van der Waals surface area contributed by atoms with Crippen molar-refractivity contribution in [3.63, 3.8) is 0 Å². The third kappa shape index (κ3) is 4.03. The second-order valence-electron chi connectivity index (χ2n) is 4.83. The van der Waals surface area contributed by atoms with Crippen molar-refractivity contribution in [2.24, 2.45) is 0 Å². The lowest BCUT2D eigenvalue weighted by molar-refractivity contribution is -0.117. The van der Waals surface area contributed by atoms with Crippen molar-refractivity contribution in [2.45, 2.75) is 13.0 Å². The van der Waals surface area contributed by atoms with Crippen LogP contribution in [0.15, 0.2) is 60.2 Å². The van der Waals surface area contributed by atoms with E-state index >= 15 is 0 Å². The Morgan fingerprint density at radius 2 is 1.95 bits per heavy atom. The molecule has 1 amide bonds. The van der Waals surface area contributed by atoms with Crippen molar-refractivity contribution >= 4 is 12.0 Å². The van der Waals surface area contributed by atoms with Gasteiger partial charge in [0, 0.05) is 0 Å². The number of hydrogen-bond acceptors (Lipinski definition) is 2. The molecule has 0 saturated carbocycles. The summed E-state index contributed by atoms with van der Waals surface area (Å²) in [6.07, 6.45) is 1.37. The van der Waals surface area contributed by atoms with Crippen LogP contribution in [0.2, 0.25) is 0 Å². The molecule has 0 fully saturated rings. The van der Waals surface area contributed by atoms with Gasteiger partial charge in [-0.05, 0) is 36.3 Å². The van der Waals surface area contributed by atoms with E-state index in [1.807, 2.05) is 43.3 Å².